The standard InChI is InChI=1S/C25H26Cl2N4O2S.ClH/c1-33-21-5-3-19(4-6-21)20-12-29-25(30-13-20)34-16-24(32)28-11-18-8-9-31(15-18)14-17-2-7-22(26)23(27)10-17;/h2-7,10,12-13,18H,8-9,11,14-16H2,1H3,(H,28,32);1H. The van der Waals surface area contributed by atoms with Gasteiger partial charge >= 0.3 is 0 Å². The Labute approximate surface area is 226 Å². The third-order valence-electron chi connectivity index (χ3n) is 5.73. The van der Waals surface area contributed by atoms with Gasteiger partial charge in [0.25, 0.3) is 0 Å². The summed E-state index contributed by atoms with van der Waals surface area (Å²) in [6.45, 7) is 3.46. The van der Waals surface area contributed by atoms with Crippen molar-refractivity contribution in [1.29, 1.82) is 0 Å². The maximum atomic E-state index is 12.3. The van der Waals surface area contributed by atoms with Gasteiger partial charge in [0, 0.05) is 37.6 Å². The van der Waals surface area contributed by atoms with Gasteiger partial charge in [0.2, 0.25) is 5.91 Å². The van der Waals surface area contributed by atoms with Gasteiger partial charge in [-0.25, -0.2) is 9.97 Å². The Balaban J connectivity index is 0.00000342. The summed E-state index contributed by atoms with van der Waals surface area (Å²) in [6.07, 6.45) is 4.61. The second-order valence-electron chi connectivity index (χ2n) is 8.21. The lowest BCUT2D eigenvalue weighted by molar-refractivity contribution is -0.118. The summed E-state index contributed by atoms with van der Waals surface area (Å²) in [5.41, 5.74) is 3.08. The van der Waals surface area contributed by atoms with Gasteiger partial charge in [-0.3, -0.25) is 9.69 Å². The van der Waals surface area contributed by atoms with Crippen LogP contribution in [0.3, 0.4) is 0 Å². The van der Waals surface area contributed by atoms with E-state index in [1.165, 1.54) is 11.8 Å². The second-order valence-corrected chi connectivity index (χ2v) is 9.97. The number of aromatic nitrogens is 2. The lowest BCUT2D eigenvalue weighted by atomic mass is 10.1. The number of carbonyl (C=O) groups excluding carboxylic acids is 1. The number of benzene rings is 2. The molecule has 0 aliphatic carbocycles. The van der Waals surface area contributed by atoms with Gasteiger partial charge in [-0.15, -0.1) is 12.4 Å². The van der Waals surface area contributed by atoms with E-state index in [4.69, 9.17) is 27.9 Å². The minimum Gasteiger partial charge on any atom is -0.497 e. The molecule has 0 saturated carbocycles. The molecule has 1 fully saturated rings. The molecule has 2 heterocycles. The molecular formula is C25H27Cl3N4O2S. The molecule has 3 aromatic rings. The van der Waals surface area contributed by atoms with E-state index in [0.717, 1.165) is 48.5 Å². The van der Waals surface area contributed by atoms with Gasteiger partial charge in [0.1, 0.15) is 5.75 Å². The maximum absolute atomic E-state index is 12.3. The Kier molecular flexibility index (Phi) is 10.5. The highest BCUT2D eigenvalue weighted by Crippen LogP contribution is 2.25. The van der Waals surface area contributed by atoms with Crippen molar-refractivity contribution in [3.63, 3.8) is 0 Å². The first-order valence-electron chi connectivity index (χ1n) is 11.0. The Morgan fingerprint density at radius 2 is 1.86 bits per heavy atom. The van der Waals surface area contributed by atoms with Gasteiger partial charge in [-0.1, -0.05) is 53.2 Å². The van der Waals surface area contributed by atoms with Crippen LogP contribution in [0.2, 0.25) is 10.0 Å². The van der Waals surface area contributed by atoms with Crippen LogP contribution in [-0.4, -0.2) is 53.3 Å². The van der Waals surface area contributed by atoms with Crippen LogP contribution in [0.25, 0.3) is 11.1 Å². The first-order chi connectivity index (χ1) is 16.5. The van der Waals surface area contributed by atoms with Crippen molar-refractivity contribution in [2.45, 2.75) is 18.1 Å². The number of nitrogens with zero attached hydrogens (tertiary/aromatic N) is 3. The molecule has 0 radical (unpaired) electrons. The third kappa shape index (κ3) is 7.98. The predicted molar refractivity (Wildman–Crippen MR) is 145 cm³/mol. The monoisotopic (exact) mass is 552 g/mol. The molecule has 186 valence electrons. The summed E-state index contributed by atoms with van der Waals surface area (Å²) in [7, 11) is 1.64. The van der Waals surface area contributed by atoms with E-state index < -0.39 is 0 Å². The quantitative estimate of drug-likeness (QED) is 0.274. The summed E-state index contributed by atoms with van der Waals surface area (Å²) in [5, 5.41) is 4.79. The number of nitrogens with one attached hydrogen (secondary N) is 1. The molecule has 1 amide bonds. The van der Waals surface area contributed by atoms with Gasteiger partial charge in [-0.05, 0) is 54.3 Å². The maximum Gasteiger partial charge on any atom is 0.230 e. The number of hydrogen-bond donors (Lipinski definition) is 1. The van der Waals surface area contributed by atoms with E-state index in [9.17, 15) is 4.79 Å². The van der Waals surface area contributed by atoms with Crippen molar-refractivity contribution in [2.75, 3.05) is 32.5 Å². The molecule has 1 saturated heterocycles. The Hall–Kier alpha value is -2.03. The van der Waals surface area contributed by atoms with Crippen LogP contribution in [0.5, 0.6) is 5.75 Å². The topological polar surface area (TPSA) is 67.3 Å². The van der Waals surface area contributed by atoms with Crippen molar-refractivity contribution in [3.05, 3.63) is 70.5 Å². The van der Waals surface area contributed by atoms with E-state index in [2.05, 4.69) is 20.2 Å². The number of amides is 1. The minimum absolute atomic E-state index is 0. The van der Waals surface area contributed by atoms with Crippen LogP contribution in [0.1, 0.15) is 12.0 Å². The van der Waals surface area contributed by atoms with E-state index in [0.29, 0.717) is 33.4 Å². The first-order valence-corrected chi connectivity index (χ1v) is 12.8. The van der Waals surface area contributed by atoms with E-state index in [1.54, 1.807) is 19.5 Å². The van der Waals surface area contributed by atoms with E-state index >= 15 is 0 Å². The normalized spacial score (nSPS) is 15.5. The first kappa shape index (κ1) is 27.6. The number of thioether (sulfide) groups is 1. The second kappa shape index (κ2) is 13.3. The smallest absolute Gasteiger partial charge is 0.230 e. The summed E-state index contributed by atoms with van der Waals surface area (Å²) in [4.78, 5) is 23.5. The molecule has 10 heteroatoms. The Morgan fingerprint density at radius 1 is 1.11 bits per heavy atom. The molecule has 1 atom stereocenters. The summed E-state index contributed by atoms with van der Waals surface area (Å²) >= 11 is 13.5. The van der Waals surface area contributed by atoms with Crippen LogP contribution in [0, 0.1) is 5.92 Å². The molecular weight excluding hydrogens is 527 g/mol. The number of likely N-dealkylation sites (tertiary alicyclic amines) is 1. The summed E-state index contributed by atoms with van der Waals surface area (Å²) < 4.78 is 5.18. The number of halogens is 3. The fourth-order valence-electron chi connectivity index (χ4n) is 3.88. The summed E-state index contributed by atoms with van der Waals surface area (Å²) in [5.74, 6) is 1.54. The molecule has 4 rings (SSSR count). The highest BCUT2D eigenvalue weighted by Gasteiger charge is 2.23. The molecule has 1 unspecified atom stereocenters. The van der Waals surface area contributed by atoms with Gasteiger partial charge in [0.05, 0.1) is 22.9 Å². The molecule has 6 nitrogen and oxygen atoms in total. The van der Waals surface area contributed by atoms with Crippen molar-refractivity contribution in [2.24, 2.45) is 5.92 Å². The average Bonchev–Trinajstić information content (AvgIpc) is 3.31. The number of methoxy groups -OCH3 is 1. The van der Waals surface area contributed by atoms with Crippen LogP contribution < -0.4 is 10.1 Å². The Bertz CT molecular complexity index is 1120. The van der Waals surface area contributed by atoms with Crippen molar-refractivity contribution < 1.29 is 9.53 Å². The predicted octanol–water partition coefficient (Wildman–Crippen LogP) is 5.61. The number of rotatable bonds is 9. The molecule has 2 aromatic carbocycles. The average molecular weight is 554 g/mol. The highest BCUT2D eigenvalue weighted by molar-refractivity contribution is 7.99. The molecule has 1 aliphatic heterocycles. The van der Waals surface area contributed by atoms with E-state index in [1.807, 2.05) is 42.5 Å². The zero-order valence-corrected chi connectivity index (χ0v) is 22.4. The van der Waals surface area contributed by atoms with Crippen LogP contribution in [0.4, 0.5) is 0 Å². The fraction of sp³-hybridized carbons (Fsp3) is 0.320. The molecule has 0 spiro atoms. The van der Waals surface area contributed by atoms with Gasteiger partial charge in [-0.2, -0.15) is 0 Å². The highest BCUT2D eigenvalue weighted by atomic mass is 35.5. The number of hydrogen-bond acceptors (Lipinski definition) is 6. The minimum atomic E-state index is -0.00392. The third-order valence-corrected chi connectivity index (χ3v) is 7.35. The zero-order chi connectivity index (χ0) is 23.9. The zero-order valence-electron chi connectivity index (χ0n) is 19.2. The van der Waals surface area contributed by atoms with Gasteiger partial charge in [0.15, 0.2) is 5.16 Å². The van der Waals surface area contributed by atoms with Crippen LogP contribution in [-0.2, 0) is 11.3 Å². The molecule has 1 N–H and O–H groups in total. The van der Waals surface area contributed by atoms with Crippen molar-refractivity contribution in [3.8, 4) is 16.9 Å². The lowest BCUT2D eigenvalue weighted by Gasteiger charge is -2.17. The number of carbonyl (C=O) groups is 1. The van der Waals surface area contributed by atoms with Crippen molar-refractivity contribution in [1.82, 2.24) is 20.2 Å². The lowest BCUT2D eigenvalue weighted by Crippen LogP contribution is -2.32. The van der Waals surface area contributed by atoms with Crippen molar-refractivity contribution >= 4 is 53.3 Å². The molecule has 35 heavy (non-hydrogen) atoms. The summed E-state index contributed by atoms with van der Waals surface area (Å²) in [6, 6.07) is 13.5. The largest absolute Gasteiger partial charge is 0.497 e. The SMILES string of the molecule is COc1ccc(-c2cnc(SCC(=O)NCC3CCN(Cc4ccc(Cl)c(Cl)c4)C3)nc2)cc1.Cl. The number of ether oxygens (including phenoxy) is 1. The molecule has 1 aliphatic rings. The molecule has 0 bridgehead atoms. The van der Waals surface area contributed by atoms with Crippen LogP contribution >= 0.6 is 47.4 Å². The Morgan fingerprint density at radius 3 is 2.54 bits per heavy atom. The molecule has 1 aromatic heterocycles. The van der Waals surface area contributed by atoms with Gasteiger partial charge < -0.3 is 10.1 Å². The van der Waals surface area contributed by atoms with E-state index in [-0.39, 0.29) is 18.3 Å². The van der Waals surface area contributed by atoms with Crippen LogP contribution in [0.15, 0.2) is 60.0 Å². The fourth-order valence-corrected chi connectivity index (χ4v) is 4.82.